The van der Waals surface area contributed by atoms with Gasteiger partial charge in [0.05, 0.1) is 17.3 Å². The largest absolute Gasteiger partial charge is 0.387 e. The number of piperidine rings is 1. The predicted octanol–water partition coefficient (Wildman–Crippen LogP) is 5.34. The fourth-order valence-corrected chi connectivity index (χ4v) is 4.78. The van der Waals surface area contributed by atoms with Crippen LogP contribution in [0.3, 0.4) is 0 Å². The molecule has 0 bridgehead atoms. The molecule has 0 spiro atoms. The first-order valence-electron chi connectivity index (χ1n) is 12.3. The van der Waals surface area contributed by atoms with Gasteiger partial charge in [-0.2, -0.15) is 0 Å². The van der Waals surface area contributed by atoms with Crippen molar-refractivity contribution in [1.82, 2.24) is 15.2 Å². The zero-order valence-corrected chi connectivity index (χ0v) is 19.8. The van der Waals surface area contributed by atoms with Crippen molar-refractivity contribution >= 4 is 16.8 Å². The van der Waals surface area contributed by atoms with Crippen molar-refractivity contribution < 1.29 is 9.90 Å². The quantitative estimate of drug-likeness (QED) is 0.491. The fraction of sp³-hybridized carbons (Fsp3) is 0.429. The van der Waals surface area contributed by atoms with Crippen LogP contribution in [0.5, 0.6) is 0 Å². The highest BCUT2D eigenvalue weighted by Gasteiger charge is 2.25. The molecule has 174 valence electrons. The molecule has 0 unspecified atom stereocenters. The zero-order chi connectivity index (χ0) is 23.2. The molecule has 2 atom stereocenters. The summed E-state index contributed by atoms with van der Waals surface area (Å²) in [5.74, 6) is 0.0798. The Labute approximate surface area is 196 Å². The van der Waals surface area contributed by atoms with Crippen LogP contribution in [0.2, 0.25) is 0 Å². The summed E-state index contributed by atoms with van der Waals surface area (Å²) in [4.78, 5) is 19.7. The average molecular weight is 446 g/mol. The molecule has 1 aliphatic heterocycles. The second kappa shape index (κ2) is 10.9. The van der Waals surface area contributed by atoms with E-state index in [9.17, 15) is 9.90 Å². The summed E-state index contributed by atoms with van der Waals surface area (Å²) < 4.78 is 0. The molecule has 2 N–H and O–H groups in total. The maximum Gasteiger partial charge on any atom is 0.253 e. The standard InChI is InChI=1S/C28H35N3O2/c1-3-17-31(18-4-2)28(33)21-14-12-20(13-15-21)26-19-23(22-9-5-6-10-24(22)30-26)27(32)25-11-7-8-16-29-25/h5-6,9-10,12-15,19,25,27,29,32H,3-4,7-8,11,16-18H2,1-2H3/t25-,27+/m1/s1. The molecule has 33 heavy (non-hydrogen) atoms. The highest BCUT2D eigenvalue weighted by molar-refractivity contribution is 5.95. The Morgan fingerprint density at radius 2 is 1.82 bits per heavy atom. The molecule has 0 radical (unpaired) electrons. The number of carbonyl (C=O) groups is 1. The first kappa shape index (κ1) is 23.4. The Kier molecular flexibility index (Phi) is 7.73. The monoisotopic (exact) mass is 445 g/mol. The van der Waals surface area contributed by atoms with Crippen molar-refractivity contribution in [1.29, 1.82) is 0 Å². The van der Waals surface area contributed by atoms with Crippen LogP contribution in [-0.2, 0) is 0 Å². The Bertz CT molecular complexity index is 1070. The van der Waals surface area contributed by atoms with Crippen LogP contribution >= 0.6 is 0 Å². The lowest BCUT2D eigenvalue weighted by molar-refractivity contribution is 0.0755. The second-order valence-corrected chi connectivity index (χ2v) is 8.98. The molecule has 1 amide bonds. The Morgan fingerprint density at radius 1 is 1.09 bits per heavy atom. The highest BCUT2D eigenvalue weighted by Crippen LogP contribution is 2.32. The minimum absolute atomic E-state index is 0.0560. The topological polar surface area (TPSA) is 65.5 Å². The van der Waals surface area contributed by atoms with Gasteiger partial charge in [0.15, 0.2) is 0 Å². The first-order valence-corrected chi connectivity index (χ1v) is 12.3. The van der Waals surface area contributed by atoms with Gasteiger partial charge in [0.2, 0.25) is 0 Å². The first-order chi connectivity index (χ1) is 16.1. The molecule has 1 aromatic heterocycles. The summed E-state index contributed by atoms with van der Waals surface area (Å²) in [7, 11) is 0. The second-order valence-electron chi connectivity index (χ2n) is 8.98. The van der Waals surface area contributed by atoms with Gasteiger partial charge in [-0.1, -0.05) is 50.6 Å². The number of amides is 1. The van der Waals surface area contributed by atoms with Gasteiger partial charge in [-0.15, -0.1) is 0 Å². The minimum atomic E-state index is -0.588. The number of rotatable bonds is 8. The Morgan fingerprint density at radius 3 is 2.48 bits per heavy atom. The van der Waals surface area contributed by atoms with Crippen LogP contribution in [0.25, 0.3) is 22.2 Å². The molecule has 0 aliphatic carbocycles. The lowest BCUT2D eigenvalue weighted by atomic mass is 9.92. The Balaban J connectivity index is 1.66. The van der Waals surface area contributed by atoms with Crippen molar-refractivity contribution in [2.45, 2.75) is 58.1 Å². The van der Waals surface area contributed by atoms with Crippen LogP contribution in [0.15, 0.2) is 54.6 Å². The molecule has 5 heteroatoms. The molecule has 5 nitrogen and oxygen atoms in total. The number of aromatic nitrogens is 1. The van der Waals surface area contributed by atoms with Crippen LogP contribution in [-0.4, -0.2) is 46.6 Å². The number of aliphatic hydroxyl groups excluding tert-OH is 1. The maximum atomic E-state index is 12.9. The fourth-order valence-electron chi connectivity index (χ4n) is 4.78. The van der Waals surface area contributed by atoms with Gasteiger partial charge in [0.25, 0.3) is 5.91 Å². The van der Waals surface area contributed by atoms with Gasteiger partial charge in [-0.3, -0.25) is 4.79 Å². The van der Waals surface area contributed by atoms with Gasteiger partial charge in [-0.05, 0) is 62.1 Å². The summed E-state index contributed by atoms with van der Waals surface area (Å²) in [6.45, 7) is 6.69. The molecule has 1 saturated heterocycles. The molecule has 4 rings (SSSR count). The summed E-state index contributed by atoms with van der Waals surface area (Å²) in [6, 6.07) is 17.8. The molecule has 1 fully saturated rings. The number of pyridine rings is 1. The predicted molar refractivity (Wildman–Crippen MR) is 134 cm³/mol. The van der Waals surface area contributed by atoms with Crippen molar-refractivity contribution in [2.75, 3.05) is 19.6 Å². The van der Waals surface area contributed by atoms with Gasteiger partial charge >= 0.3 is 0 Å². The molecule has 0 saturated carbocycles. The molecule has 3 aromatic rings. The van der Waals surface area contributed by atoms with Crippen molar-refractivity contribution in [3.8, 4) is 11.3 Å². The van der Waals surface area contributed by atoms with Crippen molar-refractivity contribution in [3.05, 3.63) is 65.7 Å². The molecular weight excluding hydrogens is 410 g/mol. The van der Waals surface area contributed by atoms with Crippen molar-refractivity contribution in [3.63, 3.8) is 0 Å². The van der Waals surface area contributed by atoms with E-state index in [1.54, 1.807) is 0 Å². The maximum absolute atomic E-state index is 12.9. The molecule has 2 aromatic carbocycles. The normalized spacial score (nSPS) is 17.1. The van der Waals surface area contributed by atoms with Crippen LogP contribution in [0.1, 0.15) is 68.0 Å². The SMILES string of the molecule is CCCN(CCC)C(=O)c1ccc(-c2cc([C@H](O)[C@H]3CCCCN3)c3ccccc3n2)cc1. The average Bonchev–Trinajstić information content (AvgIpc) is 2.87. The van der Waals surface area contributed by atoms with Gasteiger partial charge < -0.3 is 15.3 Å². The number of para-hydroxylation sites is 1. The van der Waals surface area contributed by atoms with E-state index in [0.29, 0.717) is 5.56 Å². The van der Waals surface area contributed by atoms with E-state index in [2.05, 4.69) is 19.2 Å². The minimum Gasteiger partial charge on any atom is -0.387 e. The van der Waals surface area contributed by atoms with E-state index in [-0.39, 0.29) is 11.9 Å². The number of carbonyl (C=O) groups excluding carboxylic acids is 1. The third-order valence-corrected chi connectivity index (χ3v) is 6.50. The number of hydrogen-bond acceptors (Lipinski definition) is 4. The molecule has 2 heterocycles. The third-order valence-electron chi connectivity index (χ3n) is 6.50. The Hall–Kier alpha value is -2.76. The van der Waals surface area contributed by atoms with Crippen molar-refractivity contribution in [2.24, 2.45) is 0 Å². The van der Waals surface area contributed by atoms with Gasteiger partial charge in [-0.25, -0.2) is 4.98 Å². The summed E-state index contributed by atoms with van der Waals surface area (Å²) in [5, 5.41) is 15.7. The van der Waals surface area contributed by atoms with Crippen LogP contribution < -0.4 is 5.32 Å². The number of nitrogens with zero attached hydrogens (tertiary/aromatic N) is 2. The summed E-state index contributed by atoms with van der Waals surface area (Å²) in [6.07, 6.45) is 4.57. The van der Waals surface area contributed by atoms with Crippen LogP contribution in [0, 0.1) is 0 Å². The van der Waals surface area contributed by atoms with E-state index in [1.807, 2.05) is 59.5 Å². The smallest absolute Gasteiger partial charge is 0.253 e. The summed E-state index contributed by atoms with van der Waals surface area (Å²) in [5.41, 5.74) is 4.24. The van der Waals surface area contributed by atoms with E-state index >= 15 is 0 Å². The number of aliphatic hydroxyl groups is 1. The molecular formula is C28H35N3O2. The lowest BCUT2D eigenvalue weighted by Gasteiger charge is -2.29. The number of fused-ring (bicyclic) bond motifs is 1. The van der Waals surface area contributed by atoms with E-state index in [1.165, 1.54) is 0 Å². The molecule has 1 aliphatic rings. The van der Waals surface area contributed by atoms with Gasteiger partial charge in [0, 0.05) is 35.6 Å². The number of hydrogen-bond donors (Lipinski definition) is 2. The van der Waals surface area contributed by atoms with E-state index in [4.69, 9.17) is 4.98 Å². The number of nitrogens with one attached hydrogen (secondary N) is 1. The zero-order valence-electron chi connectivity index (χ0n) is 19.8. The van der Waals surface area contributed by atoms with E-state index in [0.717, 1.165) is 79.5 Å². The third kappa shape index (κ3) is 5.26. The summed E-state index contributed by atoms with van der Waals surface area (Å²) >= 11 is 0. The van der Waals surface area contributed by atoms with E-state index < -0.39 is 6.10 Å². The lowest BCUT2D eigenvalue weighted by Crippen LogP contribution is -2.38. The number of benzene rings is 2. The van der Waals surface area contributed by atoms with Gasteiger partial charge in [0.1, 0.15) is 0 Å². The van der Waals surface area contributed by atoms with Crippen LogP contribution in [0.4, 0.5) is 0 Å². The highest BCUT2D eigenvalue weighted by atomic mass is 16.3.